The molecule has 0 saturated heterocycles. The zero-order valence-corrected chi connectivity index (χ0v) is 22.1. The number of fused-ring (bicyclic) bond motifs is 1. The Labute approximate surface area is 205 Å². The van der Waals surface area contributed by atoms with Crippen molar-refractivity contribution in [3.63, 3.8) is 0 Å². The molecule has 184 valence electrons. The molecular weight excluding hydrogens is 483 g/mol. The van der Waals surface area contributed by atoms with Gasteiger partial charge in [-0.3, -0.25) is 0 Å². The minimum atomic E-state index is -3.36. The van der Waals surface area contributed by atoms with Crippen molar-refractivity contribution in [3.05, 3.63) is 60.5 Å². The number of nitrogens with two attached hydrogens (primary N) is 1. The first-order valence-electron chi connectivity index (χ1n) is 11.2. The minimum Gasteiger partial charge on any atom is -0.399 e. The first-order chi connectivity index (χ1) is 16.4. The molecule has 0 aliphatic heterocycles. The Morgan fingerprint density at radius 3 is 2.51 bits per heavy atom. The standard InChI is InChI=1S/C25H29FN4O3SSi/c1-34(31,32)22-7-5-6-17(12-22)19-13-23-24(18-10-20(26)14-21(27)11-18)29-30(25(23)28-15-19)16-33-8-9-35(2,3)4/h5-7,10-15H,8-9,16,27H2,1-4H3. The molecule has 0 radical (unpaired) electrons. The van der Waals surface area contributed by atoms with Crippen molar-refractivity contribution in [2.45, 2.75) is 37.3 Å². The molecule has 0 bridgehead atoms. The number of pyridine rings is 1. The summed E-state index contributed by atoms with van der Waals surface area (Å²) in [5.74, 6) is -0.459. The van der Waals surface area contributed by atoms with E-state index in [4.69, 9.17) is 10.5 Å². The second-order valence-electron chi connectivity index (χ2n) is 9.86. The lowest BCUT2D eigenvalue weighted by Gasteiger charge is -2.15. The van der Waals surface area contributed by atoms with Crippen molar-refractivity contribution in [1.29, 1.82) is 0 Å². The Balaban J connectivity index is 1.80. The second kappa shape index (κ2) is 9.52. The Bertz CT molecular complexity index is 1480. The topological polar surface area (TPSA) is 100 Å². The van der Waals surface area contributed by atoms with Crippen LogP contribution >= 0.6 is 0 Å². The smallest absolute Gasteiger partial charge is 0.175 e. The summed E-state index contributed by atoms with van der Waals surface area (Å²) in [5.41, 5.74) is 9.23. The predicted octanol–water partition coefficient (Wildman–Crippen LogP) is 5.20. The summed E-state index contributed by atoms with van der Waals surface area (Å²) < 4.78 is 45.8. The number of rotatable bonds is 8. The largest absolute Gasteiger partial charge is 0.399 e. The number of aromatic nitrogens is 3. The van der Waals surface area contributed by atoms with Crippen molar-refractivity contribution in [1.82, 2.24) is 14.8 Å². The highest BCUT2D eigenvalue weighted by molar-refractivity contribution is 7.90. The van der Waals surface area contributed by atoms with Crippen LogP contribution in [-0.2, 0) is 21.3 Å². The maximum atomic E-state index is 14.2. The molecule has 0 unspecified atom stereocenters. The average molecular weight is 513 g/mol. The van der Waals surface area contributed by atoms with Gasteiger partial charge in [0.05, 0.1) is 4.90 Å². The van der Waals surface area contributed by atoms with Gasteiger partial charge in [0, 0.05) is 49.3 Å². The fourth-order valence-electron chi connectivity index (χ4n) is 3.71. The molecule has 0 fully saturated rings. The van der Waals surface area contributed by atoms with E-state index in [0.29, 0.717) is 45.7 Å². The molecule has 4 aromatic rings. The molecule has 0 atom stereocenters. The second-order valence-corrected chi connectivity index (χ2v) is 17.5. The minimum absolute atomic E-state index is 0.210. The molecule has 7 nitrogen and oxygen atoms in total. The molecule has 2 aromatic heterocycles. The number of ether oxygens (including phenoxy) is 1. The maximum absolute atomic E-state index is 14.2. The van der Waals surface area contributed by atoms with E-state index in [2.05, 4.69) is 29.7 Å². The van der Waals surface area contributed by atoms with E-state index in [0.717, 1.165) is 6.04 Å². The number of nitrogen functional groups attached to an aromatic ring is 1. The van der Waals surface area contributed by atoms with Gasteiger partial charge in [-0.15, -0.1) is 0 Å². The Kier molecular flexibility index (Phi) is 6.81. The van der Waals surface area contributed by atoms with Crippen LogP contribution in [0.3, 0.4) is 0 Å². The highest BCUT2D eigenvalue weighted by atomic mass is 32.2. The molecule has 0 spiro atoms. The van der Waals surface area contributed by atoms with Crippen LogP contribution in [0, 0.1) is 5.82 Å². The zero-order chi connectivity index (χ0) is 25.4. The zero-order valence-electron chi connectivity index (χ0n) is 20.2. The lowest BCUT2D eigenvalue weighted by atomic mass is 10.0. The van der Waals surface area contributed by atoms with Crippen LogP contribution in [-0.4, -0.2) is 44.1 Å². The van der Waals surface area contributed by atoms with Crippen LogP contribution in [0.5, 0.6) is 0 Å². The Morgan fingerprint density at radius 1 is 1.06 bits per heavy atom. The summed E-state index contributed by atoms with van der Waals surface area (Å²) in [5, 5.41) is 5.38. The van der Waals surface area contributed by atoms with Crippen LogP contribution in [0.2, 0.25) is 25.7 Å². The fourth-order valence-corrected chi connectivity index (χ4v) is 5.13. The van der Waals surface area contributed by atoms with E-state index in [9.17, 15) is 12.8 Å². The van der Waals surface area contributed by atoms with Crippen LogP contribution in [0.4, 0.5) is 10.1 Å². The highest BCUT2D eigenvalue weighted by Crippen LogP contribution is 2.32. The maximum Gasteiger partial charge on any atom is 0.175 e. The van der Waals surface area contributed by atoms with Crippen molar-refractivity contribution in [2.75, 3.05) is 18.6 Å². The van der Waals surface area contributed by atoms with Gasteiger partial charge in [0.25, 0.3) is 0 Å². The highest BCUT2D eigenvalue weighted by Gasteiger charge is 2.18. The lowest BCUT2D eigenvalue weighted by molar-refractivity contribution is 0.0814. The van der Waals surface area contributed by atoms with Crippen molar-refractivity contribution in [3.8, 4) is 22.4 Å². The summed E-state index contributed by atoms with van der Waals surface area (Å²) in [7, 11) is -4.60. The average Bonchev–Trinajstić information content (AvgIpc) is 3.13. The fraction of sp³-hybridized carbons (Fsp3) is 0.280. The van der Waals surface area contributed by atoms with Crippen molar-refractivity contribution >= 4 is 34.6 Å². The van der Waals surface area contributed by atoms with Crippen LogP contribution in [0.1, 0.15) is 0 Å². The number of benzene rings is 2. The van der Waals surface area contributed by atoms with E-state index in [1.54, 1.807) is 35.1 Å². The molecule has 2 aromatic carbocycles. The molecule has 0 amide bonds. The van der Waals surface area contributed by atoms with Gasteiger partial charge in [-0.05, 0) is 48.0 Å². The van der Waals surface area contributed by atoms with E-state index < -0.39 is 23.7 Å². The molecule has 10 heteroatoms. The molecule has 2 N–H and O–H groups in total. The van der Waals surface area contributed by atoms with Gasteiger partial charge in [0.1, 0.15) is 18.2 Å². The van der Waals surface area contributed by atoms with Gasteiger partial charge < -0.3 is 10.5 Å². The molecule has 35 heavy (non-hydrogen) atoms. The molecular formula is C25H29FN4O3SSi. The summed E-state index contributed by atoms with van der Waals surface area (Å²) >= 11 is 0. The predicted molar refractivity (Wildman–Crippen MR) is 140 cm³/mol. The van der Waals surface area contributed by atoms with Gasteiger partial charge in [0.15, 0.2) is 15.5 Å². The number of sulfone groups is 1. The van der Waals surface area contributed by atoms with E-state index in [1.165, 1.54) is 18.4 Å². The quantitative estimate of drug-likeness (QED) is 0.198. The van der Waals surface area contributed by atoms with Gasteiger partial charge >= 0.3 is 0 Å². The summed E-state index contributed by atoms with van der Waals surface area (Å²) in [4.78, 5) is 4.84. The van der Waals surface area contributed by atoms with E-state index in [1.807, 2.05) is 12.1 Å². The van der Waals surface area contributed by atoms with Crippen LogP contribution in [0.15, 0.2) is 59.6 Å². The van der Waals surface area contributed by atoms with Gasteiger partial charge in [0.2, 0.25) is 0 Å². The third-order valence-electron chi connectivity index (χ3n) is 5.59. The van der Waals surface area contributed by atoms with Crippen molar-refractivity contribution < 1.29 is 17.5 Å². The van der Waals surface area contributed by atoms with Gasteiger partial charge in [-0.25, -0.2) is 22.5 Å². The SMILES string of the molecule is C[Si](C)(C)CCOCn1nc(-c2cc(N)cc(F)c2)c2cc(-c3cccc(S(C)(=O)=O)c3)cnc21. The van der Waals surface area contributed by atoms with Crippen LogP contribution in [0.25, 0.3) is 33.4 Å². The normalized spacial score (nSPS) is 12.4. The van der Waals surface area contributed by atoms with Gasteiger partial charge in [-0.1, -0.05) is 31.8 Å². The third-order valence-corrected chi connectivity index (χ3v) is 8.40. The number of hydrogen-bond acceptors (Lipinski definition) is 6. The number of anilines is 1. The van der Waals surface area contributed by atoms with E-state index >= 15 is 0 Å². The number of halogens is 1. The summed E-state index contributed by atoms with van der Waals surface area (Å²) in [6.45, 7) is 7.69. The van der Waals surface area contributed by atoms with Crippen LogP contribution < -0.4 is 5.73 Å². The first-order valence-corrected chi connectivity index (χ1v) is 16.8. The lowest BCUT2D eigenvalue weighted by Crippen LogP contribution is -2.22. The molecule has 0 aliphatic rings. The first kappa shape index (κ1) is 25.0. The van der Waals surface area contributed by atoms with Gasteiger partial charge in [-0.2, -0.15) is 5.10 Å². The Morgan fingerprint density at radius 2 is 1.83 bits per heavy atom. The third kappa shape index (κ3) is 5.95. The van der Waals surface area contributed by atoms with E-state index in [-0.39, 0.29) is 11.6 Å². The number of nitrogens with zero attached hydrogens (tertiary/aromatic N) is 3. The molecule has 0 aliphatic carbocycles. The van der Waals surface area contributed by atoms with Crippen molar-refractivity contribution in [2.24, 2.45) is 0 Å². The monoisotopic (exact) mass is 512 g/mol. The molecule has 4 rings (SSSR count). The Hall–Kier alpha value is -3.08. The molecule has 0 saturated carbocycles. The summed E-state index contributed by atoms with van der Waals surface area (Å²) in [6.07, 6.45) is 2.85. The molecule has 2 heterocycles. The summed E-state index contributed by atoms with van der Waals surface area (Å²) in [6, 6.07) is 13.9. The number of hydrogen-bond donors (Lipinski definition) is 1.